The second kappa shape index (κ2) is 6.93. The summed E-state index contributed by atoms with van der Waals surface area (Å²) in [5.41, 5.74) is 1.74. The summed E-state index contributed by atoms with van der Waals surface area (Å²) in [4.78, 5) is 11.8. The number of benzene rings is 1. The number of ether oxygens (including phenoxy) is 1. The highest BCUT2D eigenvalue weighted by Crippen LogP contribution is 2.13. The molecule has 1 aromatic carbocycles. The zero-order chi connectivity index (χ0) is 12.8. The Balaban J connectivity index is 2.55. The predicted octanol–water partition coefficient (Wildman–Crippen LogP) is 1.34. The molecule has 0 bridgehead atoms. The molecule has 0 heterocycles. The first kappa shape index (κ1) is 14.4. The molecule has 0 aliphatic heterocycles. The summed E-state index contributed by atoms with van der Waals surface area (Å²) < 4.78 is 5.82. The zero-order valence-corrected chi connectivity index (χ0v) is 12.0. The number of carbonyl (C=O) groups excluding carboxylic acids is 1. The largest absolute Gasteiger partial charge is 0.389 e. The van der Waals surface area contributed by atoms with Gasteiger partial charge in [0, 0.05) is 22.8 Å². The number of hydrogen-bond donors (Lipinski definition) is 2. The van der Waals surface area contributed by atoms with E-state index < -0.39 is 6.10 Å². The Bertz CT molecular complexity index is 395. The molecule has 4 nitrogen and oxygen atoms in total. The Labute approximate surface area is 115 Å². The molecule has 0 aliphatic rings. The van der Waals surface area contributed by atoms with Gasteiger partial charge in [0.15, 0.2) is 0 Å². The van der Waals surface area contributed by atoms with Gasteiger partial charge in [0.1, 0.15) is 0 Å². The van der Waals surface area contributed by atoms with Crippen LogP contribution in [-0.4, -0.2) is 37.4 Å². The highest BCUT2D eigenvalue weighted by Gasteiger charge is 2.09. The standard InChI is InChI=1S/C12H16INO3/c1-8-3-4-9(5-11(8)13)12(16)14-6-10(15)7-17-2/h3-5,10,15H,6-7H2,1-2H3,(H,14,16). The van der Waals surface area contributed by atoms with E-state index in [9.17, 15) is 9.90 Å². The minimum absolute atomic E-state index is 0.182. The first-order chi connectivity index (χ1) is 8.04. The van der Waals surface area contributed by atoms with Gasteiger partial charge in [0.2, 0.25) is 0 Å². The number of nitrogens with one attached hydrogen (secondary N) is 1. The molecule has 2 N–H and O–H groups in total. The number of aliphatic hydroxyl groups is 1. The molecule has 0 saturated heterocycles. The summed E-state index contributed by atoms with van der Waals surface area (Å²) in [6.45, 7) is 2.40. The van der Waals surface area contributed by atoms with Crippen molar-refractivity contribution in [2.24, 2.45) is 0 Å². The van der Waals surface area contributed by atoms with Crippen molar-refractivity contribution in [3.63, 3.8) is 0 Å². The van der Waals surface area contributed by atoms with E-state index in [0.29, 0.717) is 5.56 Å². The first-order valence-corrected chi connectivity index (χ1v) is 6.34. The number of rotatable bonds is 5. The SMILES string of the molecule is COCC(O)CNC(=O)c1ccc(C)c(I)c1. The van der Waals surface area contributed by atoms with Crippen LogP contribution in [0, 0.1) is 10.5 Å². The first-order valence-electron chi connectivity index (χ1n) is 5.26. The van der Waals surface area contributed by atoms with E-state index in [4.69, 9.17) is 4.74 Å². The Kier molecular flexibility index (Phi) is 5.87. The fourth-order valence-electron chi connectivity index (χ4n) is 1.30. The van der Waals surface area contributed by atoms with Gasteiger partial charge < -0.3 is 15.2 Å². The second-order valence-corrected chi connectivity index (χ2v) is 4.95. The van der Waals surface area contributed by atoms with Gasteiger partial charge in [0.05, 0.1) is 12.7 Å². The van der Waals surface area contributed by atoms with Crippen molar-refractivity contribution < 1.29 is 14.6 Å². The molecule has 0 radical (unpaired) electrons. The summed E-state index contributed by atoms with van der Waals surface area (Å²) in [5, 5.41) is 12.1. The molecule has 1 amide bonds. The van der Waals surface area contributed by atoms with Gasteiger partial charge in [-0.05, 0) is 47.2 Å². The molecule has 17 heavy (non-hydrogen) atoms. The van der Waals surface area contributed by atoms with E-state index >= 15 is 0 Å². The van der Waals surface area contributed by atoms with Gasteiger partial charge in [-0.1, -0.05) is 6.07 Å². The van der Waals surface area contributed by atoms with Gasteiger partial charge in [-0.25, -0.2) is 0 Å². The Morgan fingerprint density at radius 3 is 2.88 bits per heavy atom. The van der Waals surface area contributed by atoms with Crippen LogP contribution in [0.1, 0.15) is 15.9 Å². The minimum atomic E-state index is -0.673. The summed E-state index contributed by atoms with van der Waals surface area (Å²) in [6.07, 6.45) is -0.673. The zero-order valence-electron chi connectivity index (χ0n) is 9.87. The lowest BCUT2D eigenvalue weighted by Gasteiger charge is -2.11. The van der Waals surface area contributed by atoms with Crippen LogP contribution < -0.4 is 5.32 Å². The van der Waals surface area contributed by atoms with Crippen LogP contribution in [0.4, 0.5) is 0 Å². The van der Waals surface area contributed by atoms with Crippen molar-refractivity contribution in [3.05, 3.63) is 32.9 Å². The normalized spacial score (nSPS) is 12.2. The fourth-order valence-corrected chi connectivity index (χ4v) is 1.81. The number of aryl methyl sites for hydroxylation is 1. The van der Waals surface area contributed by atoms with E-state index in [2.05, 4.69) is 27.9 Å². The van der Waals surface area contributed by atoms with Crippen molar-refractivity contribution in [2.75, 3.05) is 20.3 Å². The molecule has 1 atom stereocenters. The molecule has 0 aromatic heterocycles. The van der Waals surface area contributed by atoms with E-state index in [1.807, 2.05) is 19.1 Å². The number of methoxy groups -OCH3 is 1. The third-order valence-electron chi connectivity index (χ3n) is 2.29. The molecular formula is C12H16INO3. The van der Waals surface area contributed by atoms with Gasteiger partial charge in [-0.3, -0.25) is 4.79 Å². The van der Waals surface area contributed by atoms with Crippen LogP contribution in [0.2, 0.25) is 0 Å². The number of halogens is 1. The van der Waals surface area contributed by atoms with Crippen LogP contribution in [0.3, 0.4) is 0 Å². The maximum absolute atomic E-state index is 11.8. The van der Waals surface area contributed by atoms with Crippen molar-refractivity contribution in [3.8, 4) is 0 Å². The number of amides is 1. The van der Waals surface area contributed by atoms with Crippen molar-refractivity contribution in [2.45, 2.75) is 13.0 Å². The summed E-state index contributed by atoms with van der Waals surface area (Å²) in [6, 6.07) is 5.51. The van der Waals surface area contributed by atoms with Gasteiger partial charge in [-0.2, -0.15) is 0 Å². The molecule has 5 heteroatoms. The van der Waals surface area contributed by atoms with Gasteiger partial charge in [0.25, 0.3) is 5.91 Å². The molecule has 1 rings (SSSR count). The van der Waals surface area contributed by atoms with Crippen molar-refractivity contribution in [1.82, 2.24) is 5.32 Å². The average molecular weight is 349 g/mol. The quantitative estimate of drug-likeness (QED) is 0.789. The maximum Gasteiger partial charge on any atom is 0.251 e. The lowest BCUT2D eigenvalue weighted by molar-refractivity contribution is 0.0610. The summed E-state index contributed by atoms with van der Waals surface area (Å²) >= 11 is 2.19. The molecule has 1 aromatic rings. The van der Waals surface area contributed by atoms with Gasteiger partial charge >= 0.3 is 0 Å². The lowest BCUT2D eigenvalue weighted by atomic mass is 10.1. The fraction of sp³-hybridized carbons (Fsp3) is 0.417. The lowest BCUT2D eigenvalue weighted by Crippen LogP contribution is -2.34. The molecule has 0 fully saturated rings. The predicted molar refractivity (Wildman–Crippen MR) is 74.1 cm³/mol. The topological polar surface area (TPSA) is 58.6 Å². The van der Waals surface area contributed by atoms with Crippen LogP contribution in [0.5, 0.6) is 0 Å². The van der Waals surface area contributed by atoms with E-state index in [0.717, 1.165) is 9.13 Å². The molecule has 1 unspecified atom stereocenters. The Morgan fingerprint density at radius 2 is 2.29 bits per heavy atom. The molecule has 0 spiro atoms. The smallest absolute Gasteiger partial charge is 0.251 e. The van der Waals surface area contributed by atoms with Crippen LogP contribution in [0.25, 0.3) is 0 Å². The van der Waals surface area contributed by atoms with E-state index in [1.165, 1.54) is 7.11 Å². The maximum atomic E-state index is 11.8. The van der Waals surface area contributed by atoms with Crippen LogP contribution in [-0.2, 0) is 4.74 Å². The third kappa shape index (κ3) is 4.61. The summed E-state index contributed by atoms with van der Waals surface area (Å²) in [5.74, 6) is -0.182. The monoisotopic (exact) mass is 349 g/mol. The number of aliphatic hydroxyl groups excluding tert-OH is 1. The van der Waals surface area contributed by atoms with Crippen molar-refractivity contribution >= 4 is 28.5 Å². The highest BCUT2D eigenvalue weighted by molar-refractivity contribution is 14.1. The Morgan fingerprint density at radius 1 is 1.59 bits per heavy atom. The third-order valence-corrected chi connectivity index (χ3v) is 3.45. The summed E-state index contributed by atoms with van der Waals surface area (Å²) in [7, 11) is 1.51. The highest BCUT2D eigenvalue weighted by atomic mass is 127. The minimum Gasteiger partial charge on any atom is -0.389 e. The Hall–Kier alpha value is -0.660. The van der Waals surface area contributed by atoms with E-state index in [-0.39, 0.29) is 19.1 Å². The molecule has 0 aliphatic carbocycles. The average Bonchev–Trinajstić information content (AvgIpc) is 2.30. The molecule has 0 saturated carbocycles. The van der Waals surface area contributed by atoms with E-state index in [1.54, 1.807) is 6.07 Å². The van der Waals surface area contributed by atoms with Crippen LogP contribution >= 0.6 is 22.6 Å². The van der Waals surface area contributed by atoms with Crippen LogP contribution in [0.15, 0.2) is 18.2 Å². The second-order valence-electron chi connectivity index (χ2n) is 3.78. The molecular weight excluding hydrogens is 333 g/mol. The van der Waals surface area contributed by atoms with Gasteiger partial charge in [-0.15, -0.1) is 0 Å². The number of hydrogen-bond acceptors (Lipinski definition) is 3. The number of carbonyl (C=O) groups is 1. The van der Waals surface area contributed by atoms with Crippen molar-refractivity contribution in [1.29, 1.82) is 0 Å². The molecule has 94 valence electrons.